The molecule has 0 aromatic rings. The summed E-state index contributed by atoms with van der Waals surface area (Å²) < 4.78 is 5.41. The third-order valence-corrected chi connectivity index (χ3v) is 3.01. The summed E-state index contributed by atoms with van der Waals surface area (Å²) in [6, 6.07) is 0. The standard InChI is InChI=1S/C8H11NO2S/c1-2-3-11-8-5-9-6(10)4-7(9)12-8/h5,7H,2-4H2,1H3/t7-/m1/s1. The number of hydrogen-bond donors (Lipinski definition) is 0. The van der Waals surface area contributed by atoms with Gasteiger partial charge in [0.25, 0.3) is 0 Å². The first-order valence-electron chi connectivity index (χ1n) is 4.13. The Hall–Kier alpha value is -0.640. The molecular weight excluding hydrogens is 174 g/mol. The molecule has 2 rings (SSSR count). The zero-order chi connectivity index (χ0) is 8.55. The van der Waals surface area contributed by atoms with E-state index in [1.807, 2.05) is 6.20 Å². The topological polar surface area (TPSA) is 29.5 Å². The number of amides is 1. The second-order valence-corrected chi connectivity index (χ2v) is 4.06. The molecule has 0 saturated carbocycles. The average Bonchev–Trinajstić information content (AvgIpc) is 2.39. The number of fused-ring (bicyclic) bond motifs is 1. The molecule has 0 unspecified atom stereocenters. The van der Waals surface area contributed by atoms with Crippen LogP contribution in [-0.2, 0) is 9.53 Å². The lowest BCUT2D eigenvalue weighted by Crippen LogP contribution is -2.44. The van der Waals surface area contributed by atoms with E-state index in [0.29, 0.717) is 11.8 Å². The van der Waals surface area contributed by atoms with Gasteiger partial charge in [-0.25, -0.2) is 0 Å². The molecule has 1 amide bonds. The molecule has 1 atom stereocenters. The van der Waals surface area contributed by atoms with Crippen molar-refractivity contribution < 1.29 is 9.53 Å². The number of ether oxygens (including phenoxy) is 1. The largest absolute Gasteiger partial charge is 0.486 e. The maximum absolute atomic E-state index is 10.9. The summed E-state index contributed by atoms with van der Waals surface area (Å²) in [7, 11) is 0. The van der Waals surface area contributed by atoms with Crippen LogP contribution >= 0.6 is 11.8 Å². The van der Waals surface area contributed by atoms with Gasteiger partial charge in [0.1, 0.15) is 0 Å². The second-order valence-electron chi connectivity index (χ2n) is 2.87. The van der Waals surface area contributed by atoms with Gasteiger partial charge in [0.15, 0.2) is 5.09 Å². The highest BCUT2D eigenvalue weighted by Gasteiger charge is 2.41. The van der Waals surface area contributed by atoms with Gasteiger partial charge in [0, 0.05) is 0 Å². The van der Waals surface area contributed by atoms with E-state index in [-0.39, 0.29) is 5.91 Å². The number of thioether (sulfide) groups is 1. The lowest BCUT2D eigenvalue weighted by atomic mass is 10.2. The average molecular weight is 185 g/mol. The molecule has 0 aromatic carbocycles. The predicted molar refractivity (Wildman–Crippen MR) is 47.2 cm³/mol. The van der Waals surface area contributed by atoms with Gasteiger partial charge in [-0.3, -0.25) is 4.79 Å². The molecule has 66 valence electrons. The highest BCUT2D eigenvalue weighted by Crippen LogP contribution is 2.41. The minimum atomic E-state index is 0.211. The fourth-order valence-corrected chi connectivity index (χ4v) is 2.32. The van der Waals surface area contributed by atoms with E-state index in [1.165, 1.54) is 0 Å². The molecular formula is C8H11NO2S. The van der Waals surface area contributed by atoms with E-state index in [4.69, 9.17) is 4.74 Å². The molecule has 1 fully saturated rings. The summed E-state index contributed by atoms with van der Waals surface area (Å²) in [5.74, 6) is 0.211. The van der Waals surface area contributed by atoms with Crippen molar-refractivity contribution in [2.45, 2.75) is 25.1 Å². The van der Waals surface area contributed by atoms with E-state index in [2.05, 4.69) is 6.92 Å². The Kier molecular flexibility index (Phi) is 2.00. The van der Waals surface area contributed by atoms with Crippen LogP contribution in [0.4, 0.5) is 0 Å². The lowest BCUT2D eigenvalue weighted by Gasteiger charge is -2.31. The van der Waals surface area contributed by atoms with Gasteiger partial charge in [-0.1, -0.05) is 18.7 Å². The molecule has 3 nitrogen and oxygen atoms in total. The van der Waals surface area contributed by atoms with Crippen LogP contribution in [0.5, 0.6) is 0 Å². The Morgan fingerprint density at radius 2 is 2.67 bits per heavy atom. The molecule has 12 heavy (non-hydrogen) atoms. The molecule has 0 N–H and O–H groups in total. The summed E-state index contributed by atoms with van der Waals surface area (Å²) in [5, 5.41) is 1.23. The number of hydrogen-bond acceptors (Lipinski definition) is 3. The van der Waals surface area contributed by atoms with E-state index in [1.54, 1.807) is 16.7 Å². The van der Waals surface area contributed by atoms with Gasteiger partial charge in [0.05, 0.1) is 24.6 Å². The summed E-state index contributed by atoms with van der Waals surface area (Å²) in [4.78, 5) is 12.7. The quantitative estimate of drug-likeness (QED) is 0.624. The molecule has 2 aliphatic heterocycles. The molecule has 4 heteroatoms. The maximum atomic E-state index is 10.9. The molecule has 0 aliphatic carbocycles. The minimum Gasteiger partial charge on any atom is -0.486 e. The molecule has 0 spiro atoms. The van der Waals surface area contributed by atoms with Gasteiger partial charge in [-0.15, -0.1) is 0 Å². The fraction of sp³-hybridized carbons (Fsp3) is 0.625. The van der Waals surface area contributed by atoms with Crippen LogP contribution in [0, 0.1) is 0 Å². The van der Waals surface area contributed by atoms with Crippen molar-refractivity contribution >= 4 is 17.7 Å². The van der Waals surface area contributed by atoms with Gasteiger partial charge in [-0.05, 0) is 6.42 Å². The Labute approximate surface area is 75.8 Å². The Morgan fingerprint density at radius 3 is 3.25 bits per heavy atom. The number of carbonyl (C=O) groups excluding carboxylic acids is 1. The van der Waals surface area contributed by atoms with Crippen molar-refractivity contribution in [3.8, 4) is 0 Å². The van der Waals surface area contributed by atoms with E-state index in [0.717, 1.165) is 18.1 Å². The van der Waals surface area contributed by atoms with Gasteiger partial charge in [0.2, 0.25) is 5.91 Å². The zero-order valence-corrected chi connectivity index (χ0v) is 7.76. The van der Waals surface area contributed by atoms with Crippen LogP contribution in [0.15, 0.2) is 11.3 Å². The van der Waals surface area contributed by atoms with Crippen molar-refractivity contribution in [2.24, 2.45) is 0 Å². The Balaban J connectivity index is 1.89. The van der Waals surface area contributed by atoms with Crippen LogP contribution < -0.4 is 0 Å². The van der Waals surface area contributed by atoms with Crippen LogP contribution in [0.3, 0.4) is 0 Å². The van der Waals surface area contributed by atoms with Crippen molar-refractivity contribution in [2.75, 3.05) is 6.61 Å². The maximum Gasteiger partial charge on any atom is 0.230 e. The summed E-state index contributed by atoms with van der Waals surface area (Å²) >= 11 is 1.65. The first-order chi connectivity index (χ1) is 5.81. The molecule has 0 radical (unpaired) electrons. The van der Waals surface area contributed by atoms with Crippen LogP contribution in [0.1, 0.15) is 19.8 Å². The van der Waals surface area contributed by atoms with Crippen LogP contribution in [0.2, 0.25) is 0 Å². The monoisotopic (exact) mass is 185 g/mol. The Morgan fingerprint density at radius 1 is 1.83 bits per heavy atom. The van der Waals surface area contributed by atoms with E-state index < -0.39 is 0 Å². The van der Waals surface area contributed by atoms with Crippen molar-refractivity contribution in [1.29, 1.82) is 0 Å². The first kappa shape index (κ1) is 7.98. The van der Waals surface area contributed by atoms with Crippen molar-refractivity contribution in [3.05, 3.63) is 11.3 Å². The zero-order valence-electron chi connectivity index (χ0n) is 6.95. The number of β-lactam (4-membered cyclic amide) rings is 1. The lowest BCUT2D eigenvalue weighted by molar-refractivity contribution is -0.137. The van der Waals surface area contributed by atoms with Crippen molar-refractivity contribution in [3.63, 3.8) is 0 Å². The number of rotatable bonds is 3. The smallest absolute Gasteiger partial charge is 0.230 e. The van der Waals surface area contributed by atoms with Gasteiger partial charge >= 0.3 is 0 Å². The second kappa shape index (κ2) is 3.01. The normalized spacial score (nSPS) is 26.4. The van der Waals surface area contributed by atoms with Gasteiger partial charge in [-0.2, -0.15) is 0 Å². The molecule has 1 saturated heterocycles. The van der Waals surface area contributed by atoms with Crippen LogP contribution in [-0.4, -0.2) is 22.8 Å². The van der Waals surface area contributed by atoms with E-state index in [9.17, 15) is 4.79 Å². The molecule has 2 heterocycles. The minimum absolute atomic E-state index is 0.211. The third kappa shape index (κ3) is 1.20. The van der Waals surface area contributed by atoms with Crippen molar-refractivity contribution in [1.82, 2.24) is 4.90 Å². The molecule has 0 aromatic heterocycles. The highest BCUT2D eigenvalue weighted by atomic mass is 32.2. The van der Waals surface area contributed by atoms with Crippen LogP contribution in [0.25, 0.3) is 0 Å². The third-order valence-electron chi connectivity index (χ3n) is 1.89. The summed E-state index contributed by atoms with van der Waals surface area (Å²) in [5.41, 5.74) is 0. The Bertz CT molecular complexity index is 239. The first-order valence-corrected chi connectivity index (χ1v) is 5.01. The number of carbonyl (C=O) groups is 1. The molecule has 0 bridgehead atoms. The van der Waals surface area contributed by atoms with E-state index >= 15 is 0 Å². The number of nitrogens with zero attached hydrogens (tertiary/aromatic N) is 1. The molecule has 2 aliphatic rings. The summed E-state index contributed by atoms with van der Waals surface area (Å²) in [6.07, 6.45) is 3.49. The highest BCUT2D eigenvalue weighted by molar-refractivity contribution is 8.03. The summed E-state index contributed by atoms with van der Waals surface area (Å²) in [6.45, 7) is 2.81. The predicted octanol–water partition coefficient (Wildman–Crippen LogP) is 1.52. The SMILES string of the molecule is CCCOC1=CN2C(=O)C[C@H]2S1. The van der Waals surface area contributed by atoms with Gasteiger partial charge < -0.3 is 9.64 Å². The fourth-order valence-electron chi connectivity index (χ4n) is 1.21.